The zero-order valence-corrected chi connectivity index (χ0v) is 8.82. The van der Waals surface area contributed by atoms with E-state index in [2.05, 4.69) is 5.32 Å². The average Bonchev–Trinajstić information content (AvgIpc) is 2.60. The summed E-state index contributed by atoms with van der Waals surface area (Å²) in [5.74, 6) is 0.0624. The molecule has 0 aromatic carbocycles. The summed E-state index contributed by atoms with van der Waals surface area (Å²) >= 11 is 0. The Bertz CT molecular complexity index is 196. The van der Waals surface area contributed by atoms with E-state index in [0.717, 1.165) is 12.8 Å². The van der Waals surface area contributed by atoms with Crippen molar-refractivity contribution in [3.8, 4) is 0 Å². The molecule has 0 aromatic heterocycles. The summed E-state index contributed by atoms with van der Waals surface area (Å²) in [5.41, 5.74) is 0. The van der Waals surface area contributed by atoms with Crippen molar-refractivity contribution in [2.45, 2.75) is 38.9 Å². The maximum Gasteiger partial charge on any atom is 0.249 e. The third-order valence-corrected chi connectivity index (χ3v) is 2.46. The minimum atomic E-state index is -0.282. The van der Waals surface area contributed by atoms with Crippen LogP contribution in [-0.2, 0) is 9.53 Å². The van der Waals surface area contributed by atoms with Crippen LogP contribution >= 0.6 is 0 Å². The zero-order valence-electron chi connectivity index (χ0n) is 8.82. The summed E-state index contributed by atoms with van der Waals surface area (Å²) in [5, 5.41) is 11.5. The number of amides is 1. The molecule has 3 unspecified atom stereocenters. The Labute approximate surface area is 84.6 Å². The van der Waals surface area contributed by atoms with Gasteiger partial charge in [0.25, 0.3) is 0 Å². The van der Waals surface area contributed by atoms with Crippen molar-refractivity contribution in [1.82, 2.24) is 5.32 Å². The van der Waals surface area contributed by atoms with Gasteiger partial charge in [0.15, 0.2) is 0 Å². The van der Waals surface area contributed by atoms with Gasteiger partial charge in [-0.3, -0.25) is 4.79 Å². The first kappa shape index (κ1) is 11.5. The summed E-state index contributed by atoms with van der Waals surface area (Å²) in [6.45, 7) is 4.48. The molecular formula is C10H19NO3. The van der Waals surface area contributed by atoms with Crippen molar-refractivity contribution in [3.63, 3.8) is 0 Å². The van der Waals surface area contributed by atoms with Crippen molar-refractivity contribution in [3.05, 3.63) is 0 Å². The van der Waals surface area contributed by atoms with Crippen LogP contribution in [0.2, 0.25) is 0 Å². The van der Waals surface area contributed by atoms with E-state index >= 15 is 0 Å². The monoisotopic (exact) mass is 201 g/mol. The highest BCUT2D eigenvalue weighted by atomic mass is 16.5. The number of aliphatic hydroxyl groups is 1. The van der Waals surface area contributed by atoms with Gasteiger partial charge in [-0.25, -0.2) is 0 Å². The fourth-order valence-corrected chi connectivity index (χ4v) is 1.45. The van der Waals surface area contributed by atoms with Crippen LogP contribution in [0.15, 0.2) is 0 Å². The van der Waals surface area contributed by atoms with Gasteiger partial charge in [-0.1, -0.05) is 6.92 Å². The van der Waals surface area contributed by atoms with Crippen LogP contribution < -0.4 is 5.32 Å². The maximum absolute atomic E-state index is 11.5. The standard InChI is InChI=1S/C10H19NO3/c1-7(6-12)5-11-10(13)9-4-3-8(2)14-9/h7-9,12H,3-6H2,1-2H3,(H,11,13). The molecule has 0 radical (unpaired) electrons. The maximum atomic E-state index is 11.5. The van der Waals surface area contributed by atoms with Crippen LogP contribution in [0.4, 0.5) is 0 Å². The third kappa shape index (κ3) is 3.27. The molecule has 4 heteroatoms. The molecule has 0 spiro atoms. The minimum Gasteiger partial charge on any atom is -0.396 e. The predicted molar refractivity (Wildman–Crippen MR) is 52.8 cm³/mol. The fourth-order valence-electron chi connectivity index (χ4n) is 1.45. The number of ether oxygens (including phenoxy) is 1. The molecule has 14 heavy (non-hydrogen) atoms. The molecule has 1 fully saturated rings. The SMILES string of the molecule is CC(CO)CNC(=O)C1CCC(C)O1. The second-order valence-corrected chi connectivity index (χ2v) is 4.05. The molecule has 0 aromatic rings. The Morgan fingerprint density at radius 2 is 2.36 bits per heavy atom. The van der Waals surface area contributed by atoms with Crippen molar-refractivity contribution in [1.29, 1.82) is 0 Å². The van der Waals surface area contributed by atoms with Gasteiger partial charge in [0.1, 0.15) is 6.10 Å². The van der Waals surface area contributed by atoms with E-state index in [1.165, 1.54) is 0 Å². The van der Waals surface area contributed by atoms with Crippen LogP contribution in [0.1, 0.15) is 26.7 Å². The summed E-state index contributed by atoms with van der Waals surface area (Å²) in [6.07, 6.45) is 1.67. The fraction of sp³-hybridized carbons (Fsp3) is 0.900. The first-order valence-electron chi connectivity index (χ1n) is 5.17. The van der Waals surface area contributed by atoms with Crippen LogP contribution in [0.25, 0.3) is 0 Å². The van der Waals surface area contributed by atoms with Crippen molar-refractivity contribution in [2.24, 2.45) is 5.92 Å². The molecule has 1 rings (SSSR count). The van der Waals surface area contributed by atoms with Gasteiger partial charge >= 0.3 is 0 Å². The number of hydrogen-bond donors (Lipinski definition) is 2. The van der Waals surface area contributed by atoms with Crippen molar-refractivity contribution in [2.75, 3.05) is 13.2 Å². The van der Waals surface area contributed by atoms with E-state index in [0.29, 0.717) is 6.54 Å². The highest BCUT2D eigenvalue weighted by Gasteiger charge is 2.27. The minimum absolute atomic E-state index is 0.0466. The van der Waals surface area contributed by atoms with Crippen molar-refractivity contribution < 1.29 is 14.6 Å². The summed E-state index contributed by atoms with van der Waals surface area (Å²) in [7, 11) is 0. The van der Waals surface area contributed by atoms with Gasteiger partial charge in [-0.2, -0.15) is 0 Å². The Hall–Kier alpha value is -0.610. The Morgan fingerprint density at radius 1 is 1.64 bits per heavy atom. The smallest absolute Gasteiger partial charge is 0.249 e. The molecule has 3 atom stereocenters. The highest BCUT2D eigenvalue weighted by molar-refractivity contribution is 5.80. The second-order valence-electron chi connectivity index (χ2n) is 4.05. The van der Waals surface area contributed by atoms with E-state index in [1.54, 1.807) is 0 Å². The lowest BCUT2D eigenvalue weighted by molar-refractivity contribution is -0.131. The first-order valence-corrected chi connectivity index (χ1v) is 5.17. The summed E-state index contributed by atoms with van der Waals surface area (Å²) in [6, 6.07) is 0. The van der Waals surface area contributed by atoms with Gasteiger partial charge < -0.3 is 15.2 Å². The first-order chi connectivity index (χ1) is 6.63. The van der Waals surface area contributed by atoms with Gasteiger partial charge in [-0.15, -0.1) is 0 Å². The summed E-state index contributed by atoms with van der Waals surface area (Å²) in [4.78, 5) is 11.5. The van der Waals surface area contributed by atoms with Gasteiger partial charge in [-0.05, 0) is 25.7 Å². The molecule has 82 valence electrons. The summed E-state index contributed by atoms with van der Waals surface area (Å²) < 4.78 is 5.41. The number of aliphatic hydroxyl groups excluding tert-OH is 1. The van der Waals surface area contributed by atoms with Crippen molar-refractivity contribution >= 4 is 5.91 Å². The number of hydrogen-bond acceptors (Lipinski definition) is 3. The Morgan fingerprint density at radius 3 is 2.86 bits per heavy atom. The van der Waals surface area contributed by atoms with E-state index in [1.807, 2.05) is 13.8 Å². The van der Waals surface area contributed by atoms with Crippen LogP contribution in [0.5, 0.6) is 0 Å². The Kier molecular flexibility index (Phi) is 4.35. The molecule has 4 nitrogen and oxygen atoms in total. The van der Waals surface area contributed by atoms with E-state index in [9.17, 15) is 4.79 Å². The molecule has 0 saturated carbocycles. The van der Waals surface area contributed by atoms with Crippen LogP contribution in [0.3, 0.4) is 0 Å². The lowest BCUT2D eigenvalue weighted by Crippen LogP contribution is -2.37. The van der Waals surface area contributed by atoms with Gasteiger partial charge in [0, 0.05) is 13.2 Å². The lowest BCUT2D eigenvalue weighted by Gasteiger charge is -2.13. The number of rotatable bonds is 4. The van der Waals surface area contributed by atoms with Gasteiger partial charge in [0.05, 0.1) is 6.10 Å². The number of carbonyl (C=O) groups excluding carboxylic acids is 1. The molecule has 1 heterocycles. The molecule has 1 saturated heterocycles. The third-order valence-electron chi connectivity index (χ3n) is 2.46. The molecule has 2 N–H and O–H groups in total. The molecule has 0 aliphatic carbocycles. The lowest BCUT2D eigenvalue weighted by atomic mass is 10.1. The van der Waals surface area contributed by atoms with E-state index in [-0.39, 0.29) is 30.6 Å². The van der Waals surface area contributed by atoms with E-state index < -0.39 is 0 Å². The number of nitrogens with one attached hydrogen (secondary N) is 1. The zero-order chi connectivity index (χ0) is 10.6. The second kappa shape index (κ2) is 5.32. The van der Waals surface area contributed by atoms with Crippen LogP contribution in [-0.4, -0.2) is 36.4 Å². The molecular weight excluding hydrogens is 182 g/mol. The largest absolute Gasteiger partial charge is 0.396 e. The molecule has 1 aliphatic rings. The highest BCUT2D eigenvalue weighted by Crippen LogP contribution is 2.18. The average molecular weight is 201 g/mol. The van der Waals surface area contributed by atoms with Crippen LogP contribution in [0, 0.1) is 5.92 Å². The molecule has 1 amide bonds. The quantitative estimate of drug-likeness (QED) is 0.687. The predicted octanol–water partition coefficient (Wildman–Crippen LogP) is 0.298. The topological polar surface area (TPSA) is 58.6 Å². The molecule has 1 aliphatic heterocycles. The Balaban J connectivity index is 2.22. The number of carbonyl (C=O) groups is 1. The van der Waals surface area contributed by atoms with Gasteiger partial charge in [0.2, 0.25) is 5.91 Å². The van der Waals surface area contributed by atoms with E-state index in [4.69, 9.17) is 9.84 Å². The normalized spacial score (nSPS) is 28.8. The molecule has 0 bridgehead atoms.